The largest absolute Gasteiger partial charge is 0.465 e. The molecule has 2 rings (SSSR count). The minimum atomic E-state index is -1.07. The Morgan fingerprint density at radius 1 is 1.35 bits per heavy atom. The molecule has 3 N–H and O–H groups in total. The van der Waals surface area contributed by atoms with Gasteiger partial charge in [-0.3, -0.25) is 0 Å². The van der Waals surface area contributed by atoms with Gasteiger partial charge in [0.25, 0.3) is 6.02 Å². The minimum Gasteiger partial charge on any atom is -0.465 e. The van der Waals surface area contributed by atoms with Gasteiger partial charge in [-0.2, -0.15) is 4.99 Å². The maximum atomic E-state index is 14.1. The smallest absolute Gasteiger partial charge is 0.288 e. The molecule has 4 nitrogen and oxygen atoms in total. The monoisotopic (exact) mass is 361 g/mol. The highest BCUT2D eigenvalue weighted by Gasteiger charge is 2.15. The summed E-state index contributed by atoms with van der Waals surface area (Å²) in [7, 11) is 0. The number of halogens is 2. The molecule has 0 fully saturated rings. The lowest BCUT2D eigenvalue weighted by atomic mass is 10.0. The highest BCUT2D eigenvalue weighted by molar-refractivity contribution is 5.72. The van der Waals surface area contributed by atoms with Crippen molar-refractivity contribution in [1.29, 1.82) is 0 Å². The predicted molar refractivity (Wildman–Crippen MR) is 101 cm³/mol. The average Bonchev–Trinajstić information content (AvgIpc) is 2.66. The Hall–Kier alpha value is -2.63. The second kappa shape index (κ2) is 10.4. The van der Waals surface area contributed by atoms with Crippen LogP contribution in [0.5, 0.6) is 0 Å². The van der Waals surface area contributed by atoms with Crippen molar-refractivity contribution in [2.45, 2.75) is 32.4 Å². The molecule has 6 heteroatoms. The molecule has 0 radical (unpaired) electrons. The number of alkyl halides is 1. The Kier molecular flexibility index (Phi) is 7.86. The van der Waals surface area contributed by atoms with E-state index in [9.17, 15) is 8.78 Å². The van der Waals surface area contributed by atoms with E-state index in [4.69, 9.17) is 10.5 Å². The molecule has 0 amide bonds. The molecule has 1 aromatic rings. The zero-order chi connectivity index (χ0) is 18.8. The van der Waals surface area contributed by atoms with E-state index >= 15 is 0 Å². The molecule has 1 aromatic carbocycles. The minimum absolute atomic E-state index is 0.0210. The van der Waals surface area contributed by atoms with Crippen LogP contribution in [0.1, 0.15) is 25.3 Å². The van der Waals surface area contributed by atoms with Crippen molar-refractivity contribution >= 4 is 6.02 Å². The molecule has 0 bridgehead atoms. The first kappa shape index (κ1) is 19.7. The normalized spacial score (nSPS) is 18.2. The van der Waals surface area contributed by atoms with Crippen LogP contribution in [0.2, 0.25) is 0 Å². The lowest BCUT2D eigenvalue weighted by Gasteiger charge is -2.16. The highest BCUT2D eigenvalue weighted by atomic mass is 19.1. The molecule has 0 saturated heterocycles. The van der Waals surface area contributed by atoms with Crippen molar-refractivity contribution in [3.05, 3.63) is 71.3 Å². The number of benzene rings is 1. The van der Waals surface area contributed by atoms with Crippen LogP contribution < -0.4 is 11.1 Å². The predicted octanol–water partition coefficient (Wildman–Crippen LogP) is 3.92. The van der Waals surface area contributed by atoms with E-state index in [-0.39, 0.29) is 24.8 Å². The van der Waals surface area contributed by atoms with Crippen LogP contribution in [0.4, 0.5) is 8.78 Å². The summed E-state index contributed by atoms with van der Waals surface area (Å²) in [6.45, 7) is 2.16. The fourth-order valence-electron chi connectivity index (χ4n) is 2.43. The number of amidine groups is 1. The third kappa shape index (κ3) is 6.35. The number of aliphatic imine (C=N–C) groups is 1. The van der Waals surface area contributed by atoms with E-state index in [2.05, 4.69) is 10.3 Å². The standard InChI is InChI=1S/C20H25F2N3O/c1-2-17(21)19(24-14-16-10-6-7-11-18(16)22)25-20(23)26-13-12-15-8-4-3-5-9-15/h3-10,18,24H,2,11-14H2,1H3,(H2,23,25)/b19-17+. The van der Waals surface area contributed by atoms with Gasteiger partial charge in [0.2, 0.25) is 0 Å². The molecule has 26 heavy (non-hydrogen) atoms. The average molecular weight is 361 g/mol. The van der Waals surface area contributed by atoms with Gasteiger partial charge < -0.3 is 15.8 Å². The van der Waals surface area contributed by atoms with Crippen molar-refractivity contribution in [3.63, 3.8) is 0 Å². The highest BCUT2D eigenvalue weighted by Crippen LogP contribution is 2.17. The van der Waals surface area contributed by atoms with Crippen LogP contribution in [0, 0.1) is 0 Å². The fourth-order valence-corrected chi connectivity index (χ4v) is 2.43. The van der Waals surface area contributed by atoms with E-state index < -0.39 is 12.0 Å². The van der Waals surface area contributed by atoms with Crippen LogP contribution in [0.3, 0.4) is 0 Å². The van der Waals surface area contributed by atoms with Crippen molar-refractivity contribution in [1.82, 2.24) is 5.32 Å². The Morgan fingerprint density at radius 3 is 2.81 bits per heavy atom. The Bertz CT molecular complexity index is 696. The molecule has 0 aliphatic heterocycles. The number of hydrogen-bond donors (Lipinski definition) is 2. The molecule has 1 aliphatic rings. The zero-order valence-electron chi connectivity index (χ0n) is 14.9. The summed E-state index contributed by atoms with van der Waals surface area (Å²) in [6, 6.07) is 9.68. The van der Waals surface area contributed by atoms with E-state index in [0.717, 1.165) is 5.56 Å². The van der Waals surface area contributed by atoms with Gasteiger partial charge in [-0.25, -0.2) is 8.78 Å². The summed E-state index contributed by atoms with van der Waals surface area (Å²) >= 11 is 0. The Labute approximate surface area is 153 Å². The molecule has 0 aromatic heterocycles. The van der Waals surface area contributed by atoms with Gasteiger partial charge in [0.1, 0.15) is 12.0 Å². The maximum absolute atomic E-state index is 14.1. The van der Waals surface area contributed by atoms with Gasteiger partial charge in [-0.15, -0.1) is 0 Å². The van der Waals surface area contributed by atoms with Gasteiger partial charge in [-0.05, 0) is 11.1 Å². The quantitative estimate of drug-likeness (QED) is 0.545. The number of rotatable bonds is 8. The van der Waals surface area contributed by atoms with Crippen LogP contribution in [-0.2, 0) is 11.2 Å². The third-order valence-corrected chi connectivity index (χ3v) is 3.92. The number of ether oxygens (including phenoxy) is 1. The maximum Gasteiger partial charge on any atom is 0.288 e. The molecule has 140 valence electrons. The SMILES string of the molecule is CC/C(F)=C(\N=C(/N)OCCc1ccccc1)NCC1=CC=CCC1F. The number of nitrogens with zero attached hydrogens (tertiary/aromatic N) is 1. The summed E-state index contributed by atoms with van der Waals surface area (Å²) in [5.41, 5.74) is 7.41. The third-order valence-electron chi connectivity index (χ3n) is 3.92. The molecule has 0 saturated carbocycles. The lowest BCUT2D eigenvalue weighted by Crippen LogP contribution is -2.25. The van der Waals surface area contributed by atoms with Crippen molar-refractivity contribution in [2.75, 3.05) is 13.2 Å². The van der Waals surface area contributed by atoms with Crippen LogP contribution >= 0.6 is 0 Å². The van der Waals surface area contributed by atoms with E-state index in [1.807, 2.05) is 30.3 Å². The van der Waals surface area contributed by atoms with Gasteiger partial charge in [0, 0.05) is 25.8 Å². The summed E-state index contributed by atoms with van der Waals surface area (Å²) < 4.78 is 33.3. The van der Waals surface area contributed by atoms with Gasteiger partial charge in [0.05, 0.1) is 6.61 Å². The Balaban J connectivity index is 1.92. The number of nitrogens with two attached hydrogens (primary N) is 1. The fraction of sp³-hybridized carbons (Fsp3) is 0.350. The molecular formula is C20H25F2N3O. The molecular weight excluding hydrogens is 336 g/mol. The topological polar surface area (TPSA) is 59.6 Å². The zero-order valence-corrected chi connectivity index (χ0v) is 14.9. The van der Waals surface area contributed by atoms with Crippen molar-refractivity contribution < 1.29 is 13.5 Å². The first-order valence-corrected chi connectivity index (χ1v) is 8.73. The lowest BCUT2D eigenvalue weighted by molar-refractivity contribution is 0.303. The van der Waals surface area contributed by atoms with Gasteiger partial charge >= 0.3 is 0 Å². The van der Waals surface area contributed by atoms with Gasteiger partial charge in [-0.1, -0.05) is 55.5 Å². The van der Waals surface area contributed by atoms with E-state index in [1.165, 1.54) is 0 Å². The van der Waals surface area contributed by atoms with E-state index in [1.54, 1.807) is 25.2 Å². The van der Waals surface area contributed by atoms with Crippen LogP contribution in [0.15, 0.2) is 70.8 Å². The van der Waals surface area contributed by atoms with Crippen LogP contribution in [-0.4, -0.2) is 25.3 Å². The molecule has 1 aliphatic carbocycles. The Morgan fingerprint density at radius 2 is 2.12 bits per heavy atom. The summed E-state index contributed by atoms with van der Waals surface area (Å²) in [6.07, 6.45) is 5.32. The van der Waals surface area contributed by atoms with Crippen LogP contribution in [0.25, 0.3) is 0 Å². The summed E-state index contributed by atoms with van der Waals surface area (Å²) in [4.78, 5) is 3.99. The molecule has 1 atom stereocenters. The van der Waals surface area contributed by atoms with Gasteiger partial charge in [0.15, 0.2) is 5.82 Å². The van der Waals surface area contributed by atoms with E-state index in [0.29, 0.717) is 25.0 Å². The first-order chi connectivity index (χ1) is 12.6. The first-order valence-electron chi connectivity index (χ1n) is 8.73. The van der Waals surface area contributed by atoms with Crippen molar-refractivity contribution in [2.24, 2.45) is 10.7 Å². The molecule has 0 heterocycles. The summed E-state index contributed by atoms with van der Waals surface area (Å²) in [5, 5.41) is 2.82. The summed E-state index contributed by atoms with van der Waals surface area (Å²) in [5.74, 6) is -0.477. The second-order valence-corrected chi connectivity index (χ2v) is 5.87. The molecule has 0 spiro atoms. The second-order valence-electron chi connectivity index (χ2n) is 5.87. The number of hydrogen-bond acceptors (Lipinski definition) is 3. The number of nitrogens with one attached hydrogen (secondary N) is 1. The van der Waals surface area contributed by atoms with Crippen molar-refractivity contribution in [3.8, 4) is 0 Å². The number of allylic oxidation sites excluding steroid dienone is 4. The molecule has 1 unspecified atom stereocenters.